The van der Waals surface area contributed by atoms with Crippen LogP contribution in [0.25, 0.3) is 0 Å². The van der Waals surface area contributed by atoms with Gasteiger partial charge in [0.1, 0.15) is 0 Å². The number of hydrogen-bond donors (Lipinski definition) is 4. The van der Waals surface area contributed by atoms with Crippen molar-refractivity contribution in [1.29, 1.82) is 0 Å². The topological polar surface area (TPSA) is 99.3 Å². The van der Waals surface area contributed by atoms with Crippen molar-refractivity contribution in [2.45, 2.75) is 9.79 Å². The Labute approximate surface area is 166 Å². The van der Waals surface area contributed by atoms with Crippen LogP contribution < -0.4 is 21.5 Å². The molecule has 4 N–H and O–H groups in total. The third-order valence-corrected chi connectivity index (χ3v) is 6.51. The van der Waals surface area contributed by atoms with Crippen LogP contribution in [-0.4, -0.2) is 34.1 Å². The monoisotopic (exact) mass is 486 g/mol. The molecule has 9 heteroatoms. The highest BCUT2D eigenvalue weighted by Crippen LogP contribution is 2.23. The van der Waals surface area contributed by atoms with E-state index in [9.17, 15) is 13.2 Å². The summed E-state index contributed by atoms with van der Waals surface area (Å²) >= 11 is 2.13. The van der Waals surface area contributed by atoms with E-state index in [-0.39, 0.29) is 15.8 Å². The molecule has 0 atom stereocenters. The average Bonchev–Trinajstić information content (AvgIpc) is 3.14. The fourth-order valence-electron chi connectivity index (χ4n) is 2.53. The van der Waals surface area contributed by atoms with Crippen LogP contribution in [0.15, 0.2) is 58.3 Å². The van der Waals surface area contributed by atoms with Gasteiger partial charge in [-0.05, 0) is 71.1 Å². The molecule has 0 spiro atoms. The maximum Gasteiger partial charge on any atom is 0.319 e. The van der Waals surface area contributed by atoms with Crippen molar-refractivity contribution in [2.75, 3.05) is 25.0 Å². The molecule has 2 amide bonds. The number of carbonyl (C=O) groups excluding carboxylic acids is 1. The molecule has 1 heterocycles. The minimum absolute atomic E-state index is 0.188. The lowest BCUT2D eigenvalue weighted by molar-refractivity contribution is 0.250. The lowest BCUT2D eigenvalue weighted by Gasteiger charge is -2.11. The SMILES string of the molecule is O=C(NCC1CNNC1)Nc1ccc(S(=O)(=O)c2ccc(I)cc2)cc1. The highest BCUT2D eigenvalue weighted by Gasteiger charge is 2.18. The molecule has 0 saturated carbocycles. The van der Waals surface area contributed by atoms with Gasteiger partial charge in [0.25, 0.3) is 0 Å². The van der Waals surface area contributed by atoms with Gasteiger partial charge in [0, 0.05) is 34.8 Å². The van der Waals surface area contributed by atoms with Crippen molar-refractivity contribution in [1.82, 2.24) is 16.2 Å². The summed E-state index contributed by atoms with van der Waals surface area (Å²) in [5.74, 6) is 0.349. The Hall–Kier alpha value is -1.69. The van der Waals surface area contributed by atoms with Crippen molar-refractivity contribution < 1.29 is 13.2 Å². The van der Waals surface area contributed by atoms with Crippen LogP contribution in [0.2, 0.25) is 0 Å². The summed E-state index contributed by atoms with van der Waals surface area (Å²) < 4.78 is 26.2. The summed E-state index contributed by atoms with van der Waals surface area (Å²) in [4.78, 5) is 12.4. The van der Waals surface area contributed by atoms with Gasteiger partial charge in [-0.2, -0.15) is 0 Å². The zero-order chi connectivity index (χ0) is 18.6. The molecule has 1 fully saturated rings. The first-order chi connectivity index (χ1) is 12.4. The van der Waals surface area contributed by atoms with Crippen molar-refractivity contribution in [2.24, 2.45) is 5.92 Å². The summed E-state index contributed by atoms with van der Waals surface area (Å²) in [5.41, 5.74) is 6.54. The lowest BCUT2D eigenvalue weighted by Crippen LogP contribution is -2.34. The number of halogens is 1. The van der Waals surface area contributed by atoms with Gasteiger partial charge in [-0.25, -0.2) is 13.2 Å². The van der Waals surface area contributed by atoms with E-state index < -0.39 is 9.84 Å². The molecule has 0 aliphatic carbocycles. The van der Waals surface area contributed by atoms with Crippen LogP contribution in [-0.2, 0) is 9.84 Å². The van der Waals surface area contributed by atoms with Gasteiger partial charge in [-0.15, -0.1) is 0 Å². The first-order valence-electron chi connectivity index (χ1n) is 8.06. The molecule has 1 aliphatic heterocycles. The molecule has 2 aromatic rings. The standard InChI is InChI=1S/C17H19IN4O3S/c18-13-1-5-15(6-2-13)26(24,25)16-7-3-14(4-8-16)22-17(23)19-9-12-10-20-21-11-12/h1-8,12,20-21H,9-11H2,(H2,19,22,23). The van der Waals surface area contributed by atoms with E-state index in [1.807, 2.05) is 0 Å². The minimum Gasteiger partial charge on any atom is -0.337 e. The molecular formula is C17H19IN4O3S. The Kier molecular flexibility index (Phi) is 6.12. The number of hydrazine groups is 1. The Morgan fingerprint density at radius 2 is 1.54 bits per heavy atom. The lowest BCUT2D eigenvalue weighted by atomic mass is 10.2. The number of amides is 2. The molecule has 0 bridgehead atoms. The number of rotatable bonds is 5. The van der Waals surface area contributed by atoms with E-state index in [0.29, 0.717) is 18.2 Å². The van der Waals surface area contributed by atoms with Gasteiger partial charge < -0.3 is 10.6 Å². The molecule has 1 saturated heterocycles. The van der Waals surface area contributed by atoms with Gasteiger partial charge in [-0.1, -0.05) is 0 Å². The number of sulfone groups is 1. The first kappa shape index (κ1) is 19.1. The summed E-state index contributed by atoms with van der Waals surface area (Å²) in [5, 5.41) is 5.51. The van der Waals surface area contributed by atoms with Crippen LogP contribution in [0, 0.1) is 9.49 Å². The van der Waals surface area contributed by atoms with Crippen molar-refractivity contribution >= 4 is 44.1 Å². The Morgan fingerprint density at radius 1 is 1.00 bits per heavy atom. The molecule has 3 rings (SSSR count). The fraction of sp³-hybridized carbons (Fsp3) is 0.235. The number of benzene rings is 2. The van der Waals surface area contributed by atoms with Crippen molar-refractivity contribution in [3.05, 3.63) is 52.1 Å². The smallest absolute Gasteiger partial charge is 0.319 e. The maximum absolute atomic E-state index is 12.6. The van der Waals surface area contributed by atoms with E-state index in [4.69, 9.17) is 0 Å². The number of carbonyl (C=O) groups is 1. The second kappa shape index (κ2) is 8.33. The average molecular weight is 486 g/mol. The maximum atomic E-state index is 12.6. The highest BCUT2D eigenvalue weighted by atomic mass is 127. The summed E-state index contributed by atoms with van der Waals surface area (Å²) in [6.45, 7) is 2.18. The van der Waals surface area contributed by atoms with Crippen LogP contribution in [0.1, 0.15) is 0 Å². The van der Waals surface area contributed by atoms with Crippen LogP contribution in [0.5, 0.6) is 0 Å². The van der Waals surface area contributed by atoms with Crippen LogP contribution in [0.3, 0.4) is 0 Å². The Balaban J connectivity index is 1.62. The van der Waals surface area contributed by atoms with E-state index in [1.165, 1.54) is 12.1 Å². The fourth-order valence-corrected chi connectivity index (χ4v) is 4.15. The second-order valence-electron chi connectivity index (χ2n) is 5.94. The zero-order valence-corrected chi connectivity index (χ0v) is 16.8. The molecular weight excluding hydrogens is 467 g/mol. The predicted molar refractivity (Wildman–Crippen MR) is 108 cm³/mol. The molecule has 0 radical (unpaired) electrons. The highest BCUT2D eigenvalue weighted by molar-refractivity contribution is 14.1. The summed E-state index contributed by atoms with van der Waals surface area (Å²) in [7, 11) is -3.57. The number of hydrogen-bond acceptors (Lipinski definition) is 5. The largest absolute Gasteiger partial charge is 0.337 e. The minimum atomic E-state index is -3.57. The van der Waals surface area contributed by atoms with Gasteiger partial charge in [0.05, 0.1) is 9.79 Å². The second-order valence-corrected chi connectivity index (χ2v) is 9.14. The van der Waals surface area contributed by atoms with Gasteiger partial charge in [0.2, 0.25) is 9.84 Å². The Morgan fingerprint density at radius 3 is 2.12 bits per heavy atom. The van der Waals surface area contributed by atoms with Crippen molar-refractivity contribution in [3.8, 4) is 0 Å². The Bertz CT molecular complexity index is 864. The predicted octanol–water partition coefficient (Wildman–Crippen LogP) is 1.97. The molecule has 0 aromatic heterocycles. The normalized spacial score (nSPS) is 15.0. The first-order valence-corrected chi connectivity index (χ1v) is 10.6. The van der Waals surface area contributed by atoms with Gasteiger partial charge >= 0.3 is 6.03 Å². The third kappa shape index (κ3) is 4.72. The molecule has 0 unspecified atom stereocenters. The van der Waals surface area contributed by atoms with E-state index in [2.05, 4.69) is 44.1 Å². The van der Waals surface area contributed by atoms with Crippen LogP contribution in [0.4, 0.5) is 10.5 Å². The zero-order valence-electron chi connectivity index (χ0n) is 13.8. The molecule has 26 heavy (non-hydrogen) atoms. The summed E-state index contributed by atoms with van der Waals surface area (Å²) in [6.07, 6.45) is 0. The molecule has 1 aliphatic rings. The van der Waals surface area contributed by atoms with E-state index in [0.717, 1.165) is 16.7 Å². The van der Waals surface area contributed by atoms with Crippen molar-refractivity contribution in [3.63, 3.8) is 0 Å². The molecule has 138 valence electrons. The summed E-state index contributed by atoms with van der Waals surface area (Å²) in [6, 6.07) is 12.5. The molecule has 2 aromatic carbocycles. The van der Waals surface area contributed by atoms with Gasteiger partial charge in [-0.3, -0.25) is 10.9 Å². The van der Waals surface area contributed by atoms with E-state index in [1.54, 1.807) is 36.4 Å². The number of nitrogens with one attached hydrogen (secondary N) is 4. The number of urea groups is 1. The third-order valence-electron chi connectivity index (χ3n) is 4.00. The van der Waals surface area contributed by atoms with Crippen LogP contribution >= 0.6 is 22.6 Å². The van der Waals surface area contributed by atoms with E-state index >= 15 is 0 Å². The molecule has 7 nitrogen and oxygen atoms in total. The quantitative estimate of drug-likeness (QED) is 0.485. The van der Waals surface area contributed by atoms with Gasteiger partial charge in [0.15, 0.2) is 0 Å². The number of anilines is 1.